The third-order valence-electron chi connectivity index (χ3n) is 5.10. The van der Waals surface area contributed by atoms with Crippen LogP contribution < -0.4 is 10.0 Å². The summed E-state index contributed by atoms with van der Waals surface area (Å²) in [5.74, 6) is 0.0550. The van der Waals surface area contributed by atoms with Crippen molar-refractivity contribution in [2.75, 3.05) is 4.72 Å². The number of aromatic nitrogens is 2. The van der Waals surface area contributed by atoms with Gasteiger partial charge >= 0.3 is 6.09 Å². The number of benzene rings is 2. The molecule has 9 nitrogen and oxygen atoms in total. The van der Waals surface area contributed by atoms with E-state index < -0.39 is 21.7 Å². The zero-order chi connectivity index (χ0) is 26.8. The lowest BCUT2D eigenvalue weighted by Crippen LogP contribution is -2.32. The van der Waals surface area contributed by atoms with Gasteiger partial charge < -0.3 is 10.1 Å². The number of thiophene rings is 1. The monoisotopic (exact) mass is 557 g/mol. The average molecular weight is 558 g/mol. The molecule has 0 unspecified atom stereocenters. The zero-order valence-electron chi connectivity index (χ0n) is 20.3. The SMILES string of the molecule is CC(C)(C)OC(=O)NCc1cccc(Cn2nc(NS(=O)(=O)c3ccc(Cl)s3)c3c(C#N)cccc32)c1. The van der Waals surface area contributed by atoms with Gasteiger partial charge in [-0.1, -0.05) is 41.9 Å². The van der Waals surface area contributed by atoms with Gasteiger partial charge in [-0.05, 0) is 56.2 Å². The van der Waals surface area contributed by atoms with Crippen LogP contribution in [-0.4, -0.2) is 29.9 Å². The minimum absolute atomic E-state index is 0.0415. The number of rotatable bonds is 7. The molecule has 0 saturated heterocycles. The fourth-order valence-corrected chi connectivity index (χ4v) is 6.13. The van der Waals surface area contributed by atoms with Crippen LogP contribution in [0.3, 0.4) is 0 Å². The molecule has 0 fully saturated rings. The molecular formula is C25H24ClN5O4S2. The van der Waals surface area contributed by atoms with Gasteiger partial charge in [-0.25, -0.2) is 13.2 Å². The summed E-state index contributed by atoms with van der Waals surface area (Å²) in [6.07, 6.45) is -0.510. The minimum atomic E-state index is -3.96. The molecule has 0 saturated carbocycles. The highest BCUT2D eigenvalue weighted by Crippen LogP contribution is 2.31. The molecule has 12 heteroatoms. The molecule has 192 valence electrons. The third kappa shape index (κ3) is 6.40. The van der Waals surface area contributed by atoms with Crippen molar-refractivity contribution >= 4 is 55.8 Å². The summed E-state index contributed by atoms with van der Waals surface area (Å²) in [5.41, 5.74) is 2.02. The molecule has 0 aliphatic heterocycles. The number of nitrogens with one attached hydrogen (secondary N) is 2. The molecule has 2 heterocycles. The molecule has 0 radical (unpaired) electrons. The molecule has 4 aromatic rings. The number of amides is 1. The number of nitrogens with zero attached hydrogens (tertiary/aromatic N) is 3. The Bertz CT molecular complexity index is 1610. The number of nitriles is 1. The van der Waals surface area contributed by atoms with Gasteiger partial charge in [0, 0.05) is 6.54 Å². The maximum Gasteiger partial charge on any atom is 0.407 e. The van der Waals surface area contributed by atoms with Crippen molar-refractivity contribution in [3.63, 3.8) is 0 Å². The van der Waals surface area contributed by atoms with Crippen LogP contribution in [0.1, 0.15) is 37.5 Å². The second kappa shape index (κ2) is 10.4. The highest BCUT2D eigenvalue weighted by atomic mass is 35.5. The standard InChI is InChI=1S/C25H24ClN5O4S2/c1-25(2,3)35-24(32)28-14-16-6-4-7-17(12-16)15-31-19-9-5-8-18(13-27)22(19)23(29-31)30-37(33,34)21-11-10-20(26)36-21/h4-12H,14-15H2,1-3H3,(H,28,32)(H,29,30). The predicted octanol–water partition coefficient (Wildman–Crippen LogP) is 5.50. The molecule has 2 aromatic carbocycles. The van der Waals surface area contributed by atoms with Crippen LogP contribution in [0.2, 0.25) is 4.34 Å². The molecular weight excluding hydrogens is 534 g/mol. The van der Waals surface area contributed by atoms with Crippen LogP contribution >= 0.6 is 22.9 Å². The summed E-state index contributed by atoms with van der Waals surface area (Å²) in [5, 5.41) is 17.3. The number of alkyl carbamates (subject to hydrolysis) is 1. The number of hydrogen-bond acceptors (Lipinski definition) is 7. The van der Waals surface area contributed by atoms with Crippen molar-refractivity contribution in [1.29, 1.82) is 5.26 Å². The van der Waals surface area contributed by atoms with Crippen molar-refractivity contribution in [1.82, 2.24) is 15.1 Å². The first kappa shape index (κ1) is 26.5. The second-order valence-electron chi connectivity index (χ2n) is 9.16. The number of anilines is 1. The van der Waals surface area contributed by atoms with Crippen molar-refractivity contribution in [3.8, 4) is 6.07 Å². The number of sulfonamides is 1. The number of ether oxygens (including phenoxy) is 1. The normalized spacial score (nSPS) is 11.8. The molecule has 37 heavy (non-hydrogen) atoms. The maximum atomic E-state index is 12.9. The van der Waals surface area contributed by atoms with Crippen molar-refractivity contribution < 1.29 is 17.9 Å². The van der Waals surface area contributed by atoms with E-state index in [1.54, 1.807) is 43.7 Å². The Morgan fingerprint density at radius 1 is 1.16 bits per heavy atom. The fourth-order valence-electron chi connectivity index (χ4n) is 3.63. The third-order valence-corrected chi connectivity index (χ3v) is 8.16. The Kier molecular flexibility index (Phi) is 7.45. The van der Waals surface area contributed by atoms with Crippen molar-refractivity contribution in [2.45, 2.75) is 43.7 Å². The van der Waals surface area contributed by atoms with Crippen molar-refractivity contribution in [3.05, 3.63) is 75.6 Å². The van der Waals surface area contributed by atoms with Crippen LogP contribution in [-0.2, 0) is 27.8 Å². The van der Waals surface area contributed by atoms with Gasteiger partial charge in [0.2, 0.25) is 0 Å². The molecule has 0 aliphatic carbocycles. The molecule has 2 N–H and O–H groups in total. The first-order chi connectivity index (χ1) is 17.4. The highest BCUT2D eigenvalue weighted by molar-refractivity contribution is 7.94. The van der Waals surface area contributed by atoms with E-state index >= 15 is 0 Å². The van der Waals surface area contributed by atoms with Gasteiger partial charge in [-0.15, -0.1) is 11.3 Å². The van der Waals surface area contributed by atoms with E-state index in [2.05, 4.69) is 21.2 Å². The Morgan fingerprint density at radius 3 is 2.57 bits per heavy atom. The highest BCUT2D eigenvalue weighted by Gasteiger charge is 2.23. The summed E-state index contributed by atoms with van der Waals surface area (Å²) in [4.78, 5) is 12.0. The van der Waals surface area contributed by atoms with Gasteiger partial charge in [-0.3, -0.25) is 9.40 Å². The smallest absolute Gasteiger partial charge is 0.407 e. The van der Waals surface area contributed by atoms with Crippen molar-refractivity contribution in [2.24, 2.45) is 0 Å². The molecule has 4 rings (SSSR count). The van der Waals surface area contributed by atoms with E-state index in [0.29, 0.717) is 27.3 Å². The second-order valence-corrected chi connectivity index (χ2v) is 12.8. The number of carbonyl (C=O) groups is 1. The first-order valence-electron chi connectivity index (χ1n) is 11.2. The van der Waals surface area contributed by atoms with Crippen LogP contribution in [0.4, 0.5) is 10.6 Å². The summed E-state index contributed by atoms with van der Waals surface area (Å²) < 4.78 is 35.7. The van der Waals surface area contributed by atoms with E-state index in [0.717, 1.165) is 22.5 Å². The summed E-state index contributed by atoms with van der Waals surface area (Å²) >= 11 is 6.85. The van der Waals surface area contributed by atoms with Crippen LogP contribution in [0.25, 0.3) is 10.9 Å². The maximum absolute atomic E-state index is 12.9. The Balaban J connectivity index is 1.62. The quantitative estimate of drug-likeness (QED) is 0.309. The lowest BCUT2D eigenvalue weighted by Gasteiger charge is -2.19. The number of carbonyl (C=O) groups excluding carboxylic acids is 1. The lowest BCUT2D eigenvalue weighted by atomic mass is 10.1. The average Bonchev–Trinajstić information content (AvgIpc) is 3.41. The number of hydrogen-bond donors (Lipinski definition) is 2. The van der Waals surface area contributed by atoms with Gasteiger partial charge in [0.05, 0.1) is 33.4 Å². The number of fused-ring (bicyclic) bond motifs is 1. The van der Waals surface area contributed by atoms with Gasteiger partial charge in [-0.2, -0.15) is 10.4 Å². The van der Waals surface area contributed by atoms with Gasteiger partial charge in [0.1, 0.15) is 9.81 Å². The summed E-state index contributed by atoms with van der Waals surface area (Å²) in [6.45, 7) is 5.96. The zero-order valence-corrected chi connectivity index (χ0v) is 22.7. The molecule has 0 bridgehead atoms. The Hall–Kier alpha value is -3.59. The lowest BCUT2D eigenvalue weighted by molar-refractivity contribution is 0.0523. The summed E-state index contributed by atoms with van der Waals surface area (Å²) in [6, 6.07) is 17.7. The van der Waals surface area contributed by atoms with Crippen LogP contribution in [0.15, 0.2) is 58.8 Å². The van der Waals surface area contributed by atoms with Crippen LogP contribution in [0.5, 0.6) is 0 Å². The summed E-state index contributed by atoms with van der Waals surface area (Å²) in [7, 11) is -3.96. The van der Waals surface area contributed by atoms with E-state index in [1.807, 2.05) is 24.3 Å². The van der Waals surface area contributed by atoms with Gasteiger partial charge in [0.25, 0.3) is 10.0 Å². The molecule has 1 amide bonds. The Morgan fingerprint density at radius 2 is 1.89 bits per heavy atom. The topological polar surface area (TPSA) is 126 Å². The number of halogens is 1. The van der Waals surface area contributed by atoms with E-state index in [1.165, 1.54) is 12.1 Å². The van der Waals surface area contributed by atoms with Crippen LogP contribution in [0, 0.1) is 11.3 Å². The van der Waals surface area contributed by atoms with E-state index in [9.17, 15) is 18.5 Å². The molecule has 0 aliphatic rings. The first-order valence-corrected chi connectivity index (χ1v) is 13.9. The molecule has 0 atom stereocenters. The largest absolute Gasteiger partial charge is 0.444 e. The van der Waals surface area contributed by atoms with Gasteiger partial charge in [0.15, 0.2) is 5.82 Å². The van der Waals surface area contributed by atoms with E-state index in [4.69, 9.17) is 16.3 Å². The molecule has 2 aromatic heterocycles. The minimum Gasteiger partial charge on any atom is -0.444 e. The Labute approximate surface area is 223 Å². The predicted molar refractivity (Wildman–Crippen MR) is 143 cm³/mol. The van der Waals surface area contributed by atoms with E-state index in [-0.39, 0.29) is 16.6 Å². The fraction of sp³-hybridized carbons (Fsp3) is 0.240. The molecule has 0 spiro atoms.